The van der Waals surface area contributed by atoms with Gasteiger partial charge in [0.15, 0.2) is 5.96 Å². The van der Waals surface area contributed by atoms with Gasteiger partial charge in [0.2, 0.25) is 0 Å². The maximum Gasteiger partial charge on any atom is 0.429 e. The molecule has 0 saturated carbocycles. The third-order valence-electron chi connectivity index (χ3n) is 1.19. The van der Waals surface area contributed by atoms with Crippen molar-refractivity contribution in [1.82, 2.24) is 9.99 Å². The summed E-state index contributed by atoms with van der Waals surface area (Å²) in [5.74, 6) is -0.259. The van der Waals surface area contributed by atoms with Crippen LogP contribution >= 0.6 is 7.75 Å². The van der Waals surface area contributed by atoms with E-state index in [0.717, 1.165) is 6.42 Å². The van der Waals surface area contributed by atoms with E-state index in [0.29, 0.717) is 6.54 Å². The fourth-order valence-electron chi connectivity index (χ4n) is 0.671. The first-order chi connectivity index (χ1) is 5.37. The molecule has 0 rings (SSSR count). The van der Waals surface area contributed by atoms with Gasteiger partial charge in [-0.15, -0.1) is 0 Å². The van der Waals surface area contributed by atoms with Crippen LogP contribution in [0.15, 0.2) is 0 Å². The number of nitrogens with one attached hydrogen (secondary N) is 2. The van der Waals surface area contributed by atoms with E-state index in [1.165, 1.54) is 4.90 Å². The highest BCUT2D eigenvalue weighted by Crippen LogP contribution is 2.27. The molecule has 0 saturated heterocycles. The number of rotatable bonds is 3. The van der Waals surface area contributed by atoms with E-state index in [1.807, 2.05) is 6.92 Å². The first-order valence-electron chi connectivity index (χ1n) is 3.50. The van der Waals surface area contributed by atoms with Gasteiger partial charge in [-0.05, 0) is 6.42 Å². The molecule has 0 aliphatic heterocycles. The van der Waals surface area contributed by atoms with Crippen molar-refractivity contribution in [3.05, 3.63) is 0 Å². The van der Waals surface area contributed by atoms with E-state index >= 15 is 0 Å². The van der Waals surface area contributed by atoms with Crippen LogP contribution in [-0.4, -0.2) is 34.2 Å². The molecule has 0 aliphatic carbocycles. The topological polar surface area (TPSA) is 96.7 Å². The molecule has 4 N–H and O–H groups in total. The van der Waals surface area contributed by atoms with E-state index in [4.69, 9.17) is 15.2 Å². The predicted molar refractivity (Wildman–Crippen MR) is 45.8 cm³/mol. The van der Waals surface area contributed by atoms with Gasteiger partial charge in [0.1, 0.15) is 0 Å². The zero-order valence-electron chi connectivity index (χ0n) is 7.11. The summed E-state index contributed by atoms with van der Waals surface area (Å²) in [6.45, 7) is 2.51. The molecule has 0 atom stereocenters. The van der Waals surface area contributed by atoms with E-state index in [1.54, 1.807) is 12.1 Å². The maximum absolute atomic E-state index is 10.4. The molecule has 0 aromatic heterocycles. The molecule has 0 unspecified atom stereocenters. The Balaban J connectivity index is 3.96. The Hall–Kier alpha value is -0.580. The minimum Gasteiger partial charge on any atom is -0.346 e. The largest absolute Gasteiger partial charge is 0.429 e. The Bertz CT molecular complexity index is 202. The zero-order valence-corrected chi connectivity index (χ0v) is 8.01. The lowest BCUT2D eigenvalue weighted by atomic mass is 10.4. The lowest BCUT2D eigenvalue weighted by Crippen LogP contribution is -2.36. The Kier molecular flexibility index (Phi) is 4.23. The molecule has 12 heavy (non-hydrogen) atoms. The Morgan fingerprint density at radius 3 is 2.50 bits per heavy atom. The molecule has 6 nitrogen and oxygen atoms in total. The molecule has 0 spiro atoms. The van der Waals surface area contributed by atoms with Crippen molar-refractivity contribution in [1.29, 1.82) is 5.41 Å². The van der Waals surface area contributed by atoms with Crippen molar-refractivity contribution in [2.24, 2.45) is 0 Å². The smallest absolute Gasteiger partial charge is 0.346 e. The summed E-state index contributed by atoms with van der Waals surface area (Å²) in [5.41, 5.74) is 0. The van der Waals surface area contributed by atoms with Gasteiger partial charge in [0.25, 0.3) is 0 Å². The molecule has 7 heteroatoms. The quantitative estimate of drug-likeness (QED) is 0.287. The van der Waals surface area contributed by atoms with Crippen LogP contribution in [0.1, 0.15) is 13.3 Å². The van der Waals surface area contributed by atoms with Gasteiger partial charge in [-0.3, -0.25) is 10.5 Å². The Morgan fingerprint density at radius 1 is 1.67 bits per heavy atom. The molecular weight excluding hydrogens is 181 g/mol. The third-order valence-corrected chi connectivity index (χ3v) is 1.70. The summed E-state index contributed by atoms with van der Waals surface area (Å²) in [6, 6.07) is 0. The van der Waals surface area contributed by atoms with Gasteiger partial charge in [0, 0.05) is 13.6 Å². The van der Waals surface area contributed by atoms with Gasteiger partial charge in [-0.1, -0.05) is 6.92 Å². The molecule has 0 amide bonds. The standard InChI is InChI=1S/C5H14N3O3P/c1-3-4-8(2)5(6)7-12(9,10)11/h3-4H2,1-2H3,(H4,6,7,9,10,11). The van der Waals surface area contributed by atoms with Gasteiger partial charge in [-0.25, -0.2) is 4.57 Å². The highest BCUT2D eigenvalue weighted by Gasteiger charge is 2.16. The minimum absolute atomic E-state index is 0.259. The maximum atomic E-state index is 10.4. The average Bonchev–Trinajstić information content (AvgIpc) is 1.84. The second-order valence-electron chi connectivity index (χ2n) is 2.43. The van der Waals surface area contributed by atoms with E-state index in [-0.39, 0.29) is 5.96 Å². The zero-order chi connectivity index (χ0) is 9.78. The van der Waals surface area contributed by atoms with Gasteiger partial charge in [-0.2, -0.15) is 0 Å². The van der Waals surface area contributed by atoms with Crippen molar-refractivity contribution in [2.45, 2.75) is 13.3 Å². The lowest BCUT2D eigenvalue weighted by molar-refractivity contribution is 0.362. The Morgan fingerprint density at radius 2 is 2.17 bits per heavy atom. The first-order valence-corrected chi connectivity index (χ1v) is 5.11. The molecule has 0 bridgehead atoms. The van der Waals surface area contributed by atoms with Crippen LogP contribution in [0.25, 0.3) is 0 Å². The van der Waals surface area contributed by atoms with Crippen LogP contribution in [0.2, 0.25) is 0 Å². The molecule has 72 valence electrons. The van der Waals surface area contributed by atoms with Crippen LogP contribution in [0, 0.1) is 5.41 Å². The van der Waals surface area contributed by atoms with Crippen LogP contribution in [0.3, 0.4) is 0 Å². The van der Waals surface area contributed by atoms with Crippen LogP contribution in [-0.2, 0) is 4.57 Å². The summed E-state index contributed by atoms with van der Waals surface area (Å²) < 4.78 is 10.4. The van der Waals surface area contributed by atoms with Crippen molar-refractivity contribution in [2.75, 3.05) is 13.6 Å². The van der Waals surface area contributed by atoms with Gasteiger partial charge >= 0.3 is 7.75 Å². The molecule has 0 heterocycles. The Labute approximate surface area is 71.3 Å². The van der Waals surface area contributed by atoms with E-state index in [2.05, 4.69) is 0 Å². The summed E-state index contributed by atoms with van der Waals surface area (Å²) in [5, 5.41) is 8.96. The number of hydrogen-bond donors (Lipinski definition) is 4. The van der Waals surface area contributed by atoms with Crippen molar-refractivity contribution < 1.29 is 14.4 Å². The van der Waals surface area contributed by atoms with Crippen LogP contribution < -0.4 is 5.09 Å². The molecule has 0 aromatic rings. The molecular formula is C5H14N3O3P. The first kappa shape index (κ1) is 11.4. The number of nitrogens with zero attached hydrogens (tertiary/aromatic N) is 1. The summed E-state index contributed by atoms with van der Waals surface area (Å²) in [7, 11) is -2.72. The summed E-state index contributed by atoms with van der Waals surface area (Å²) >= 11 is 0. The predicted octanol–water partition coefficient (Wildman–Crippen LogP) is -0.0547. The SMILES string of the molecule is CCCN(C)C(=N)NP(=O)(O)O. The highest BCUT2D eigenvalue weighted by molar-refractivity contribution is 7.50. The third kappa shape index (κ3) is 5.12. The van der Waals surface area contributed by atoms with Crippen LogP contribution in [0.4, 0.5) is 0 Å². The lowest BCUT2D eigenvalue weighted by Gasteiger charge is -2.19. The molecule has 0 aromatic carbocycles. The number of hydrogen-bond acceptors (Lipinski definition) is 2. The summed E-state index contributed by atoms with van der Waals surface area (Å²) in [4.78, 5) is 18.3. The second kappa shape index (κ2) is 4.45. The monoisotopic (exact) mass is 195 g/mol. The van der Waals surface area contributed by atoms with Crippen LogP contribution in [0.5, 0.6) is 0 Å². The van der Waals surface area contributed by atoms with Gasteiger partial charge in [0.05, 0.1) is 0 Å². The number of guanidine groups is 1. The average molecular weight is 195 g/mol. The fraction of sp³-hybridized carbons (Fsp3) is 0.800. The molecule has 0 fully saturated rings. The minimum atomic E-state index is -4.32. The fourth-order valence-corrected chi connectivity index (χ4v) is 1.12. The van der Waals surface area contributed by atoms with E-state index in [9.17, 15) is 4.57 Å². The normalized spacial score (nSPS) is 11.0. The van der Waals surface area contributed by atoms with Crippen molar-refractivity contribution >= 4 is 13.7 Å². The van der Waals surface area contributed by atoms with Crippen molar-refractivity contribution in [3.63, 3.8) is 0 Å². The summed E-state index contributed by atoms with van der Waals surface area (Å²) in [6.07, 6.45) is 0.821. The van der Waals surface area contributed by atoms with Crippen molar-refractivity contribution in [3.8, 4) is 0 Å². The van der Waals surface area contributed by atoms with E-state index < -0.39 is 7.75 Å². The second-order valence-corrected chi connectivity index (χ2v) is 3.74. The van der Waals surface area contributed by atoms with Gasteiger partial charge < -0.3 is 14.7 Å². The highest BCUT2D eigenvalue weighted by atomic mass is 31.2. The molecule has 0 aliphatic rings. The molecule has 0 radical (unpaired) electrons.